The third kappa shape index (κ3) is 9.07. The molecule has 0 saturated carbocycles. The van der Waals surface area contributed by atoms with Crippen molar-refractivity contribution in [2.24, 2.45) is 0 Å². The summed E-state index contributed by atoms with van der Waals surface area (Å²) in [6, 6.07) is 30.6. The van der Waals surface area contributed by atoms with Crippen molar-refractivity contribution in [3.05, 3.63) is 107 Å². The lowest BCUT2D eigenvalue weighted by molar-refractivity contribution is 0.0598. The van der Waals surface area contributed by atoms with Gasteiger partial charge in [-0.1, -0.05) is 48.0 Å². The summed E-state index contributed by atoms with van der Waals surface area (Å²) in [4.78, 5) is 19.8. The molecule has 1 heterocycles. The first kappa shape index (κ1) is 34.3. The Morgan fingerprint density at radius 1 is 0.830 bits per heavy atom. The zero-order valence-corrected chi connectivity index (χ0v) is 28.9. The van der Waals surface area contributed by atoms with E-state index in [4.69, 9.17) is 25.8 Å². The van der Waals surface area contributed by atoms with Crippen molar-refractivity contribution in [3.8, 4) is 28.4 Å². The summed E-state index contributed by atoms with van der Waals surface area (Å²) in [5.41, 5.74) is 4.96. The second kappa shape index (κ2) is 16.2. The highest BCUT2D eigenvalue weighted by atomic mass is 35.5. The Morgan fingerprint density at radius 2 is 1.53 bits per heavy atom. The lowest BCUT2D eigenvalue weighted by Crippen LogP contribution is -2.46. The number of esters is 1. The Morgan fingerprint density at radius 3 is 2.19 bits per heavy atom. The summed E-state index contributed by atoms with van der Waals surface area (Å²) < 4.78 is 17.5. The predicted octanol–water partition coefficient (Wildman–Crippen LogP) is 8.41. The Balaban J connectivity index is 1.29. The van der Waals surface area contributed by atoms with E-state index in [1.54, 1.807) is 6.07 Å². The van der Waals surface area contributed by atoms with E-state index in [2.05, 4.69) is 72.7 Å². The highest BCUT2D eigenvalue weighted by Gasteiger charge is 2.22. The van der Waals surface area contributed by atoms with Crippen molar-refractivity contribution in [3.63, 3.8) is 0 Å². The molecule has 1 aliphatic heterocycles. The van der Waals surface area contributed by atoms with Gasteiger partial charge in [0.2, 0.25) is 0 Å². The summed E-state index contributed by atoms with van der Waals surface area (Å²) in [5, 5.41) is 0.725. The maximum Gasteiger partial charge on any atom is 0.341 e. The third-order valence-electron chi connectivity index (χ3n) is 8.65. The molecule has 8 heteroatoms. The number of methoxy groups -OCH3 is 1. The van der Waals surface area contributed by atoms with Gasteiger partial charge in [-0.05, 0) is 92.9 Å². The Labute approximate surface area is 284 Å². The summed E-state index contributed by atoms with van der Waals surface area (Å²) in [5.74, 6) is 1.62. The highest BCUT2D eigenvalue weighted by molar-refractivity contribution is 6.30. The molecule has 1 aliphatic rings. The van der Waals surface area contributed by atoms with Crippen LogP contribution in [0.3, 0.4) is 0 Å². The number of hydrogen-bond donors (Lipinski definition) is 0. The van der Waals surface area contributed by atoms with Gasteiger partial charge in [-0.15, -0.1) is 0 Å². The SMILES string of the molecule is COC(=O)c1ccc(N2CCN(Cc3cc(OCCN(C(C)C)C(C)C)ccc3-c3ccc(Cl)cc3)CC2)cc1Oc1ccccc1. The number of anilines is 1. The van der Waals surface area contributed by atoms with Crippen molar-refractivity contribution in [2.75, 3.05) is 51.3 Å². The first-order chi connectivity index (χ1) is 22.7. The number of rotatable bonds is 13. The Hall–Kier alpha value is -4.04. The number of benzene rings is 4. The van der Waals surface area contributed by atoms with E-state index < -0.39 is 5.97 Å². The fraction of sp³-hybridized carbons (Fsp3) is 0.359. The number of carbonyl (C=O) groups is 1. The van der Waals surface area contributed by atoms with Crippen LogP contribution < -0.4 is 14.4 Å². The summed E-state index contributed by atoms with van der Waals surface area (Å²) in [6.45, 7) is 14.7. The van der Waals surface area contributed by atoms with Gasteiger partial charge in [0, 0.05) is 68.1 Å². The number of nitrogens with zero attached hydrogens (tertiary/aromatic N) is 3. The van der Waals surface area contributed by atoms with Crippen LogP contribution in [-0.2, 0) is 11.3 Å². The van der Waals surface area contributed by atoms with Crippen LogP contribution in [0.25, 0.3) is 11.1 Å². The standard InChI is InChI=1S/C39H46ClN3O4/c1-28(2)43(29(3)4)23-24-46-35-16-18-36(30-11-13-32(40)14-12-30)31(25-35)27-41-19-21-42(22-20-41)33-15-17-37(39(44)45-5)38(26-33)47-34-9-7-6-8-10-34/h6-18,25-26,28-29H,19-24,27H2,1-5H3. The summed E-state index contributed by atoms with van der Waals surface area (Å²) >= 11 is 6.23. The minimum atomic E-state index is -0.424. The average Bonchev–Trinajstić information content (AvgIpc) is 3.07. The topological polar surface area (TPSA) is 54.5 Å². The lowest BCUT2D eigenvalue weighted by Gasteiger charge is -2.36. The van der Waals surface area contributed by atoms with Gasteiger partial charge in [-0.25, -0.2) is 4.79 Å². The minimum Gasteiger partial charge on any atom is -0.492 e. The zero-order chi connectivity index (χ0) is 33.3. The largest absolute Gasteiger partial charge is 0.492 e. The molecule has 5 rings (SSSR count). The van der Waals surface area contributed by atoms with Crippen molar-refractivity contribution < 1.29 is 19.0 Å². The number of carbonyl (C=O) groups excluding carboxylic acids is 1. The normalized spacial score (nSPS) is 13.8. The molecule has 0 unspecified atom stereocenters. The molecule has 1 fully saturated rings. The molecule has 4 aromatic carbocycles. The molecule has 0 bridgehead atoms. The predicted molar refractivity (Wildman–Crippen MR) is 191 cm³/mol. The van der Waals surface area contributed by atoms with Crippen LogP contribution in [0.2, 0.25) is 5.02 Å². The van der Waals surface area contributed by atoms with Crippen molar-refractivity contribution in [1.82, 2.24) is 9.80 Å². The molecule has 248 valence electrons. The minimum absolute atomic E-state index is 0.400. The number of para-hydroxylation sites is 1. The van der Waals surface area contributed by atoms with Gasteiger partial charge < -0.3 is 19.1 Å². The third-order valence-corrected chi connectivity index (χ3v) is 8.90. The van der Waals surface area contributed by atoms with Crippen LogP contribution >= 0.6 is 11.6 Å². The fourth-order valence-corrected chi connectivity index (χ4v) is 6.30. The van der Waals surface area contributed by atoms with Gasteiger partial charge in [0.15, 0.2) is 0 Å². The zero-order valence-electron chi connectivity index (χ0n) is 28.1. The Kier molecular flexibility index (Phi) is 11.8. The summed E-state index contributed by atoms with van der Waals surface area (Å²) in [7, 11) is 1.38. The number of halogens is 1. The molecule has 0 N–H and O–H groups in total. The molecule has 7 nitrogen and oxygen atoms in total. The van der Waals surface area contributed by atoms with Crippen LogP contribution in [0.4, 0.5) is 5.69 Å². The molecule has 0 radical (unpaired) electrons. The lowest BCUT2D eigenvalue weighted by atomic mass is 9.98. The molecule has 0 aromatic heterocycles. The maximum atomic E-state index is 12.5. The van der Waals surface area contributed by atoms with Crippen LogP contribution in [0.5, 0.6) is 17.2 Å². The fourth-order valence-electron chi connectivity index (χ4n) is 6.17. The second-order valence-electron chi connectivity index (χ2n) is 12.4. The van der Waals surface area contributed by atoms with E-state index in [0.29, 0.717) is 35.8 Å². The van der Waals surface area contributed by atoms with E-state index in [9.17, 15) is 4.79 Å². The van der Waals surface area contributed by atoms with Crippen LogP contribution in [-0.4, -0.2) is 74.3 Å². The molecule has 0 aliphatic carbocycles. The molecule has 0 spiro atoms. The maximum absolute atomic E-state index is 12.5. The quantitative estimate of drug-likeness (QED) is 0.134. The van der Waals surface area contributed by atoms with Crippen molar-refractivity contribution in [2.45, 2.75) is 46.3 Å². The Bertz CT molecular complexity index is 1590. The van der Waals surface area contributed by atoms with E-state index in [1.165, 1.54) is 18.2 Å². The summed E-state index contributed by atoms with van der Waals surface area (Å²) in [6.07, 6.45) is 0. The van der Waals surface area contributed by atoms with E-state index >= 15 is 0 Å². The second-order valence-corrected chi connectivity index (χ2v) is 12.9. The van der Waals surface area contributed by atoms with Gasteiger partial charge in [0.1, 0.15) is 29.4 Å². The van der Waals surface area contributed by atoms with Crippen molar-refractivity contribution >= 4 is 23.3 Å². The first-order valence-corrected chi connectivity index (χ1v) is 16.8. The average molecular weight is 656 g/mol. The van der Waals surface area contributed by atoms with E-state index in [-0.39, 0.29) is 0 Å². The number of ether oxygens (including phenoxy) is 3. The van der Waals surface area contributed by atoms with Crippen molar-refractivity contribution in [1.29, 1.82) is 0 Å². The molecule has 0 amide bonds. The number of piperazine rings is 1. The molecule has 0 atom stereocenters. The van der Waals surface area contributed by atoms with Gasteiger partial charge in [0.25, 0.3) is 0 Å². The van der Waals surface area contributed by atoms with Gasteiger partial charge in [0.05, 0.1) is 7.11 Å². The molecule has 1 saturated heterocycles. The number of hydrogen-bond acceptors (Lipinski definition) is 7. The highest BCUT2D eigenvalue weighted by Crippen LogP contribution is 2.33. The first-order valence-electron chi connectivity index (χ1n) is 16.4. The van der Waals surface area contributed by atoms with Gasteiger partial charge in [-0.2, -0.15) is 0 Å². The van der Waals surface area contributed by atoms with E-state index in [0.717, 1.165) is 61.3 Å². The molecule has 47 heavy (non-hydrogen) atoms. The smallest absolute Gasteiger partial charge is 0.341 e. The van der Waals surface area contributed by atoms with Gasteiger partial charge >= 0.3 is 5.97 Å². The van der Waals surface area contributed by atoms with Crippen LogP contribution in [0.1, 0.15) is 43.6 Å². The van der Waals surface area contributed by atoms with Crippen LogP contribution in [0, 0.1) is 0 Å². The molecular formula is C39H46ClN3O4. The van der Waals surface area contributed by atoms with Crippen LogP contribution in [0.15, 0.2) is 91.0 Å². The monoisotopic (exact) mass is 655 g/mol. The molecular weight excluding hydrogens is 610 g/mol. The van der Waals surface area contributed by atoms with Gasteiger partial charge in [-0.3, -0.25) is 9.80 Å². The molecule has 4 aromatic rings. The van der Waals surface area contributed by atoms with E-state index in [1.807, 2.05) is 54.6 Å².